The summed E-state index contributed by atoms with van der Waals surface area (Å²) in [6.07, 6.45) is 2.31. The van der Waals surface area contributed by atoms with Crippen molar-refractivity contribution in [1.29, 1.82) is 0 Å². The molecule has 0 atom stereocenters. The summed E-state index contributed by atoms with van der Waals surface area (Å²) in [4.78, 5) is 5.84. The maximum Gasteiger partial charge on any atom is 0.157 e. The molecule has 0 spiro atoms. The van der Waals surface area contributed by atoms with Crippen LogP contribution in [0.2, 0.25) is 4.34 Å². The molecule has 1 aliphatic heterocycles. The third kappa shape index (κ3) is 3.18. The fourth-order valence-electron chi connectivity index (χ4n) is 1.81. The Morgan fingerprint density at radius 2 is 2.18 bits per heavy atom. The van der Waals surface area contributed by atoms with E-state index in [1.165, 1.54) is 4.88 Å². The molecule has 1 aliphatic rings. The molecule has 1 aromatic heterocycles. The van der Waals surface area contributed by atoms with Gasteiger partial charge >= 0.3 is 0 Å². The summed E-state index contributed by atoms with van der Waals surface area (Å²) in [5.41, 5.74) is 0.261. The summed E-state index contributed by atoms with van der Waals surface area (Å²) in [5.74, 6) is 1.13. The first-order valence-corrected chi connectivity index (χ1v) is 8.05. The molecule has 0 aromatic carbocycles. The molecule has 2 rings (SSSR count). The molecule has 5 heteroatoms. The van der Waals surface area contributed by atoms with Gasteiger partial charge in [-0.15, -0.1) is 11.3 Å². The van der Waals surface area contributed by atoms with E-state index in [1.54, 1.807) is 11.3 Å². The first kappa shape index (κ1) is 13.2. The van der Waals surface area contributed by atoms with Crippen LogP contribution in [0, 0.1) is 0 Å². The molecule has 1 aromatic rings. The minimum Gasteiger partial charge on any atom is -0.359 e. The lowest BCUT2D eigenvalue weighted by atomic mass is 9.96. The summed E-state index contributed by atoms with van der Waals surface area (Å²) in [6.45, 7) is 5.20. The van der Waals surface area contributed by atoms with Gasteiger partial charge in [-0.1, -0.05) is 37.2 Å². The number of thiophene rings is 1. The topological polar surface area (TPSA) is 24.4 Å². The van der Waals surface area contributed by atoms with Crippen molar-refractivity contribution >= 4 is 39.9 Å². The fourth-order valence-corrected chi connectivity index (χ4v) is 4.16. The Bertz CT molecular complexity index is 410. The molecule has 0 unspecified atom stereocenters. The van der Waals surface area contributed by atoms with Crippen LogP contribution in [-0.4, -0.2) is 16.5 Å². The van der Waals surface area contributed by atoms with Crippen molar-refractivity contribution in [2.45, 2.75) is 38.8 Å². The summed E-state index contributed by atoms with van der Waals surface area (Å²) >= 11 is 9.33. The molecule has 1 fully saturated rings. The van der Waals surface area contributed by atoms with E-state index in [0.717, 1.165) is 34.6 Å². The number of nitrogens with one attached hydrogen (secondary N) is 1. The summed E-state index contributed by atoms with van der Waals surface area (Å²) < 4.78 is 0.837. The third-order valence-electron chi connectivity index (χ3n) is 3.22. The molecular formula is C12H17ClN2S2. The molecule has 0 amide bonds. The van der Waals surface area contributed by atoms with Crippen molar-refractivity contribution in [2.75, 3.05) is 5.75 Å². The van der Waals surface area contributed by atoms with Crippen molar-refractivity contribution < 1.29 is 0 Å². The highest BCUT2D eigenvalue weighted by Crippen LogP contribution is 2.29. The molecule has 0 saturated carbocycles. The molecule has 2 nitrogen and oxygen atoms in total. The van der Waals surface area contributed by atoms with Gasteiger partial charge in [0.25, 0.3) is 0 Å². The maximum absolute atomic E-state index is 5.90. The highest BCUT2D eigenvalue weighted by Gasteiger charge is 2.33. The van der Waals surface area contributed by atoms with Crippen molar-refractivity contribution in [3.05, 3.63) is 21.3 Å². The molecule has 0 bridgehead atoms. The lowest BCUT2D eigenvalue weighted by molar-refractivity contribution is 0.407. The van der Waals surface area contributed by atoms with Crippen LogP contribution in [0.5, 0.6) is 0 Å². The van der Waals surface area contributed by atoms with Gasteiger partial charge in [-0.25, -0.2) is 0 Å². The molecule has 0 aliphatic carbocycles. The van der Waals surface area contributed by atoms with Crippen molar-refractivity contribution in [2.24, 2.45) is 4.99 Å². The molecule has 0 radical (unpaired) electrons. The normalized spacial score (nSPS) is 20.8. The Labute approximate surface area is 116 Å². The van der Waals surface area contributed by atoms with Gasteiger partial charge in [-0.05, 0) is 25.0 Å². The molecule has 94 valence electrons. The molecule has 17 heavy (non-hydrogen) atoms. The number of rotatable bonds is 4. The maximum atomic E-state index is 5.90. The molecule has 1 saturated heterocycles. The number of nitrogens with zero attached hydrogens (tertiary/aromatic N) is 1. The Kier molecular flexibility index (Phi) is 4.39. The van der Waals surface area contributed by atoms with E-state index in [-0.39, 0.29) is 5.54 Å². The number of hydrogen-bond donors (Lipinski definition) is 1. The summed E-state index contributed by atoms with van der Waals surface area (Å²) in [6, 6.07) is 3.98. The number of hydrogen-bond acceptors (Lipinski definition) is 3. The Hall–Kier alpha value is -0.190. The number of amidine groups is 1. The first-order chi connectivity index (χ1) is 8.17. The zero-order valence-corrected chi connectivity index (χ0v) is 12.5. The zero-order valence-electron chi connectivity index (χ0n) is 10.1. The lowest BCUT2D eigenvalue weighted by Gasteiger charge is -2.25. The Morgan fingerprint density at radius 1 is 1.41 bits per heavy atom. The van der Waals surface area contributed by atoms with Crippen LogP contribution in [0.4, 0.5) is 0 Å². The summed E-state index contributed by atoms with van der Waals surface area (Å²) in [7, 11) is 0. The van der Waals surface area contributed by atoms with Gasteiger partial charge in [0.1, 0.15) is 0 Å². The first-order valence-electron chi connectivity index (χ1n) is 5.87. The van der Waals surface area contributed by atoms with Gasteiger partial charge in [0, 0.05) is 16.2 Å². The van der Waals surface area contributed by atoms with Crippen LogP contribution in [0.1, 0.15) is 31.6 Å². The van der Waals surface area contributed by atoms with E-state index in [4.69, 9.17) is 11.6 Å². The van der Waals surface area contributed by atoms with Crippen LogP contribution in [0.3, 0.4) is 0 Å². The molecular weight excluding hydrogens is 272 g/mol. The zero-order chi connectivity index (χ0) is 12.3. The number of aliphatic imine (C=N–C) groups is 1. The van der Waals surface area contributed by atoms with E-state index >= 15 is 0 Å². The van der Waals surface area contributed by atoms with E-state index in [9.17, 15) is 0 Å². The lowest BCUT2D eigenvalue weighted by Crippen LogP contribution is -2.42. The minimum absolute atomic E-state index is 0.261. The number of halogens is 1. The quantitative estimate of drug-likeness (QED) is 0.900. The monoisotopic (exact) mass is 288 g/mol. The second-order valence-corrected chi connectivity index (χ2v) is 6.99. The third-order valence-corrected chi connectivity index (χ3v) is 5.64. The van der Waals surface area contributed by atoms with E-state index in [0.29, 0.717) is 0 Å². The van der Waals surface area contributed by atoms with Crippen LogP contribution >= 0.6 is 34.7 Å². The second kappa shape index (κ2) is 5.63. The van der Waals surface area contributed by atoms with Gasteiger partial charge in [0.2, 0.25) is 0 Å². The predicted octanol–water partition coefficient (Wildman–Crippen LogP) is 4.15. The smallest absolute Gasteiger partial charge is 0.157 e. The van der Waals surface area contributed by atoms with Gasteiger partial charge in [-0.3, -0.25) is 4.99 Å². The minimum atomic E-state index is 0.261. The highest BCUT2D eigenvalue weighted by atomic mass is 35.5. The van der Waals surface area contributed by atoms with Crippen LogP contribution < -0.4 is 5.32 Å². The van der Waals surface area contributed by atoms with Crippen LogP contribution in [0.25, 0.3) is 0 Å². The average molecular weight is 289 g/mol. The SMILES string of the molecule is CCC1(CC)CSC(=NCc2ccc(Cl)s2)N1. The average Bonchev–Trinajstić information content (AvgIpc) is 2.93. The van der Waals surface area contributed by atoms with Gasteiger partial charge in [-0.2, -0.15) is 0 Å². The second-order valence-electron chi connectivity index (χ2n) is 4.23. The van der Waals surface area contributed by atoms with Crippen molar-refractivity contribution in [3.8, 4) is 0 Å². The van der Waals surface area contributed by atoms with E-state index in [1.807, 2.05) is 23.9 Å². The van der Waals surface area contributed by atoms with Crippen LogP contribution in [-0.2, 0) is 6.54 Å². The van der Waals surface area contributed by atoms with Crippen LogP contribution in [0.15, 0.2) is 17.1 Å². The van der Waals surface area contributed by atoms with Crippen molar-refractivity contribution in [1.82, 2.24) is 5.32 Å². The van der Waals surface area contributed by atoms with Gasteiger partial charge in [0.05, 0.1) is 10.9 Å². The standard InChI is InChI=1S/C12H17ClN2S2/c1-3-12(4-2)8-16-11(15-12)14-7-9-5-6-10(13)17-9/h5-6H,3-4,7-8H2,1-2H3,(H,14,15). The number of thioether (sulfide) groups is 1. The van der Waals surface area contributed by atoms with E-state index in [2.05, 4.69) is 24.2 Å². The fraction of sp³-hybridized carbons (Fsp3) is 0.583. The van der Waals surface area contributed by atoms with E-state index < -0.39 is 0 Å². The molecule has 2 heterocycles. The Morgan fingerprint density at radius 3 is 2.71 bits per heavy atom. The Balaban J connectivity index is 1.96. The predicted molar refractivity (Wildman–Crippen MR) is 79.4 cm³/mol. The largest absolute Gasteiger partial charge is 0.359 e. The van der Waals surface area contributed by atoms with Gasteiger partial charge in [0.15, 0.2) is 5.17 Å². The van der Waals surface area contributed by atoms with Gasteiger partial charge < -0.3 is 5.32 Å². The van der Waals surface area contributed by atoms with Crippen molar-refractivity contribution in [3.63, 3.8) is 0 Å². The molecule has 1 N–H and O–H groups in total. The highest BCUT2D eigenvalue weighted by molar-refractivity contribution is 8.14. The summed E-state index contributed by atoms with van der Waals surface area (Å²) in [5, 5.41) is 4.65.